The minimum Gasteiger partial charge on any atom is -0.476 e. The van der Waals surface area contributed by atoms with Gasteiger partial charge in [-0.3, -0.25) is 9.89 Å². The highest BCUT2D eigenvalue weighted by Gasteiger charge is 2.11. The van der Waals surface area contributed by atoms with E-state index in [4.69, 9.17) is 9.72 Å². The number of benzene rings is 2. The Kier molecular flexibility index (Phi) is 6.23. The summed E-state index contributed by atoms with van der Waals surface area (Å²) in [6.45, 7) is 1.27. The number of H-pyrrole nitrogens is 2. The molecule has 0 saturated heterocycles. The van der Waals surface area contributed by atoms with Gasteiger partial charge in [-0.1, -0.05) is 24.3 Å². The number of carbonyl (C=O) groups is 1. The van der Waals surface area contributed by atoms with Crippen LogP contribution in [-0.4, -0.2) is 63.6 Å². The molecule has 0 unspecified atom stereocenters. The molecule has 176 valence electrons. The number of nitrogens with zero attached hydrogens (tertiary/aromatic N) is 4. The van der Waals surface area contributed by atoms with E-state index in [1.54, 1.807) is 12.3 Å². The summed E-state index contributed by atoms with van der Waals surface area (Å²) >= 11 is 0. The molecular weight excluding hydrogens is 442 g/mol. The van der Waals surface area contributed by atoms with Crippen molar-refractivity contribution in [3.05, 3.63) is 72.7 Å². The molecule has 2 aromatic carbocycles. The van der Waals surface area contributed by atoms with Gasteiger partial charge in [0.05, 0.1) is 11.9 Å². The molecule has 0 bridgehead atoms. The summed E-state index contributed by atoms with van der Waals surface area (Å²) in [4.78, 5) is 25.7. The van der Waals surface area contributed by atoms with E-state index in [2.05, 4.69) is 25.5 Å². The lowest BCUT2D eigenvalue weighted by Crippen LogP contribution is -2.19. The molecule has 35 heavy (non-hydrogen) atoms. The van der Waals surface area contributed by atoms with Crippen molar-refractivity contribution in [2.24, 2.45) is 0 Å². The molecule has 5 rings (SSSR count). The summed E-state index contributed by atoms with van der Waals surface area (Å²) in [7, 11) is 3.99. The number of fused-ring (bicyclic) bond motifs is 1. The predicted octanol–water partition coefficient (Wildman–Crippen LogP) is 4.51. The lowest BCUT2D eigenvalue weighted by molar-refractivity contribution is 0.112. The Hall–Kier alpha value is -4.50. The van der Waals surface area contributed by atoms with Gasteiger partial charge in [-0.05, 0) is 43.9 Å². The van der Waals surface area contributed by atoms with E-state index >= 15 is 0 Å². The summed E-state index contributed by atoms with van der Waals surface area (Å²) in [5.41, 5.74) is 5.16. The highest BCUT2D eigenvalue weighted by atomic mass is 16.5. The first-order valence-corrected chi connectivity index (χ1v) is 11.2. The summed E-state index contributed by atoms with van der Waals surface area (Å²) in [5.74, 6) is 1.62. The van der Waals surface area contributed by atoms with Gasteiger partial charge in [-0.2, -0.15) is 10.1 Å². The van der Waals surface area contributed by atoms with Crippen LogP contribution in [0.4, 0.5) is 11.5 Å². The van der Waals surface area contributed by atoms with Crippen LogP contribution >= 0.6 is 0 Å². The average molecular weight is 468 g/mol. The minimum atomic E-state index is 0.481. The zero-order chi connectivity index (χ0) is 24.2. The largest absolute Gasteiger partial charge is 0.476 e. The van der Waals surface area contributed by atoms with Gasteiger partial charge in [-0.15, -0.1) is 0 Å². The van der Waals surface area contributed by atoms with E-state index in [0.29, 0.717) is 29.8 Å². The van der Waals surface area contributed by atoms with Crippen LogP contribution in [0, 0.1) is 0 Å². The molecule has 3 heterocycles. The lowest BCUT2D eigenvalue weighted by atomic mass is 10.1. The van der Waals surface area contributed by atoms with Crippen LogP contribution in [0.5, 0.6) is 5.88 Å². The van der Waals surface area contributed by atoms with Crippen molar-refractivity contribution in [2.75, 3.05) is 32.6 Å². The average Bonchev–Trinajstić information content (AvgIpc) is 3.54. The number of aldehydes is 1. The Bertz CT molecular complexity index is 1440. The number of carbonyl (C=O) groups excluding carboxylic acids is 1. The number of aromatic amines is 2. The second kappa shape index (κ2) is 9.78. The van der Waals surface area contributed by atoms with Crippen molar-refractivity contribution >= 4 is 28.7 Å². The molecule has 9 heteroatoms. The molecule has 0 aliphatic carbocycles. The second-order valence-corrected chi connectivity index (χ2v) is 8.40. The third-order valence-electron chi connectivity index (χ3n) is 5.51. The van der Waals surface area contributed by atoms with Crippen LogP contribution in [0.2, 0.25) is 0 Å². The van der Waals surface area contributed by atoms with Gasteiger partial charge in [0.25, 0.3) is 0 Å². The Balaban J connectivity index is 1.45. The van der Waals surface area contributed by atoms with E-state index in [9.17, 15) is 4.79 Å². The minimum absolute atomic E-state index is 0.481. The lowest BCUT2D eigenvalue weighted by Gasteiger charge is -2.13. The van der Waals surface area contributed by atoms with Crippen molar-refractivity contribution in [1.29, 1.82) is 0 Å². The van der Waals surface area contributed by atoms with Crippen LogP contribution in [0.1, 0.15) is 10.5 Å². The zero-order valence-corrected chi connectivity index (χ0v) is 19.4. The van der Waals surface area contributed by atoms with E-state index < -0.39 is 0 Å². The summed E-state index contributed by atoms with van der Waals surface area (Å²) in [6.07, 6.45) is 4.44. The van der Waals surface area contributed by atoms with Crippen molar-refractivity contribution in [3.8, 4) is 28.4 Å². The third kappa shape index (κ3) is 5.20. The topological polar surface area (TPSA) is 112 Å². The fourth-order valence-electron chi connectivity index (χ4n) is 3.68. The highest BCUT2D eigenvalue weighted by Crippen LogP contribution is 2.27. The molecule has 3 N–H and O–H groups in total. The first kappa shape index (κ1) is 22.3. The number of hydrogen-bond acceptors (Lipinski definition) is 7. The molecule has 5 aromatic rings. The van der Waals surface area contributed by atoms with E-state index in [-0.39, 0.29) is 0 Å². The van der Waals surface area contributed by atoms with E-state index in [0.717, 1.165) is 46.1 Å². The molecule has 0 radical (unpaired) electrons. The Morgan fingerprint density at radius 1 is 1.00 bits per heavy atom. The number of hydrogen-bond donors (Lipinski definition) is 3. The predicted molar refractivity (Wildman–Crippen MR) is 136 cm³/mol. The van der Waals surface area contributed by atoms with Gasteiger partial charge >= 0.3 is 0 Å². The molecular formula is C26H25N7O2. The number of nitrogens with one attached hydrogen (secondary N) is 3. The van der Waals surface area contributed by atoms with Crippen LogP contribution in [0.15, 0.2) is 67.0 Å². The van der Waals surface area contributed by atoms with Crippen LogP contribution < -0.4 is 10.1 Å². The van der Waals surface area contributed by atoms with Crippen LogP contribution in [-0.2, 0) is 0 Å². The van der Waals surface area contributed by atoms with Crippen LogP contribution in [0.3, 0.4) is 0 Å². The van der Waals surface area contributed by atoms with Gasteiger partial charge in [0.2, 0.25) is 5.88 Å². The molecule has 0 saturated carbocycles. The molecule has 0 spiro atoms. The van der Waals surface area contributed by atoms with Crippen LogP contribution in [0.25, 0.3) is 33.4 Å². The monoisotopic (exact) mass is 467 g/mol. The quantitative estimate of drug-likeness (QED) is 0.273. The molecule has 9 nitrogen and oxygen atoms in total. The Morgan fingerprint density at radius 3 is 2.57 bits per heavy atom. The molecule has 0 atom stereocenters. The summed E-state index contributed by atoms with van der Waals surface area (Å²) in [5, 5.41) is 11.1. The SMILES string of the molecule is CN(C)CCOc1cc(Nc2ccc(-c3cn[nH]c3)cc2)nc(-c2ccc3cc(C=O)[nH]c3c2)n1. The number of likely N-dealkylation sites (N-methyl/N-ethyl adjacent to an activating group) is 1. The molecule has 0 fully saturated rings. The van der Waals surface area contributed by atoms with Gasteiger partial charge in [0.15, 0.2) is 12.1 Å². The van der Waals surface area contributed by atoms with Gasteiger partial charge in [-0.25, -0.2) is 4.98 Å². The fraction of sp³-hybridized carbons (Fsp3) is 0.154. The number of ether oxygens (including phenoxy) is 1. The second-order valence-electron chi connectivity index (χ2n) is 8.40. The molecule has 0 amide bonds. The first-order valence-electron chi connectivity index (χ1n) is 11.2. The zero-order valence-electron chi connectivity index (χ0n) is 19.4. The van der Waals surface area contributed by atoms with Crippen molar-refractivity contribution in [3.63, 3.8) is 0 Å². The smallest absolute Gasteiger partial charge is 0.219 e. The van der Waals surface area contributed by atoms with Gasteiger partial charge < -0.3 is 19.9 Å². The molecule has 0 aliphatic heterocycles. The maximum Gasteiger partial charge on any atom is 0.219 e. The van der Waals surface area contributed by atoms with Crippen molar-refractivity contribution in [2.45, 2.75) is 0 Å². The van der Waals surface area contributed by atoms with E-state index in [1.807, 2.05) is 73.7 Å². The standard InChI is InChI=1S/C26H25N7O2/c1-33(2)9-10-35-25-13-24(30-21-7-5-17(6-8-21)20-14-27-28-15-20)31-26(32-25)19-4-3-18-11-22(16-34)29-23(18)12-19/h3-8,11-16,29H,9-10H2,1-2H3,(H,27,28)(H,30,31,32). The third-order valence-corrected chi connectivity index (χ3v) is 5.51. The normalized spacial score (nSPS) is 11.2. The Labute approximate surface area is 202 Å². The van der Waals surface area contributed by atoms with Crippen molar-refractivity contribution < 1.29 is 9.53 Å². The maximum atomic E-state index is 11.1. The summed E-state index contributed by atoms with van der Waals surface area (Å²) < 4.78 is 5.94. The molecule has 0 aliphatic rings. The number of rotatable bonds is 9. The number of anilines is 2. The van der Waals surface area contributed by atoms with E-state index in [1.165, 1.54) is 0 Å². The Morgan fingerprint density at radius 2 is 1.83 bits per heavy atom. The maximum absolute atomic E-state index is 11.1. The fourth-order valence-corrected chi connectivity index (χ4v) is 3.68. The van der Waals surface area contributed by atoms with Gasteiger partial charge in [0.1, 0.15) is 12.4 Å². The highest BCUT2D eigenvalue weighted by molar-refractivity contribution is 5.90. The summed E-state index contributed by atoms with van der Waals surface area (Å²) in [6, 6.07) is 17.4. The van der Waals surface area contributed by atoms with Crippen molar-refractivity contribution in [1.82, 2.24) is 30.0 Å². The van der Waals surface area contributed by atoms with Gasteiger partial charge in [0, 0.05) is 46.5 Å². The number of aromatic nitrogens is 5. The first-order chi connectivity index (χ1) is 17.1. The molecule has 3 aromatic heterocycles.